The first-order valence-corrected chi connectivity index (χ1v) is 9.37. The Morgan fingerprint density at radius 3 is 2.12 bits per heavy atom. The first-order chi connectivity index (χ1) is 11.3. The molecule has 1 aliphatic heterocycles. The first kappa shape index (κ1) is 18.4. The zero-order chi connectivity index (χ0) is 17.7. The Morgan fingerprint density at radius 1 is 1.08 bits per heavy atom. The van der Waals surface area contributed by atoms with Gasteiger partial charge in [0.1, 0.15) is 0 Å². The van der Waals surface area contributed by atoms with Gasteiger partial charge in [-0.05, 0) is 44.0 Å². The number of rotatable bonds is 5. The topological polar surface area (TPSA) is 107 Å². The van der Waals surface area contributed by atoms with Crippen LogP contribution in [0.4, 0.5) is 0 Å². The molecule has 1 aromatic carbocycles. The van der Waals surface area contributed by atoms with Crippen LogP contribution in [-0.4, -0.2) is 43.8 Å². The van der Waals surface area contributed by atoms with E-state index < -0.39 is 28.0 Å². The van der Waals surface area contributed by atoms with Crippen molar-refractivity contribution in [2.24, 2.45) is 5.73 Å². The normalized spacial score (nSPS) is 17.7. The number of benzene rings is 1. The Bertz CT molecular complexity index is 692. The first-order valence-electron chi connectivity index (χ1n) is 7.93. The van der Waals surface area contributed by atoms with Crippen molar-refractivity contribution >= 4 is 21.9 Å². The molecule has 0 radical (unpaired) electrons. The summed E-state index contributed by atoms with van der Waals surface area (Å²) >= 11 is 0. The summed E-state index contributed by atoms with van der Waals surface area (Å²) in [5, 5.41) is 0. The largest absolute Gasteiger partial charge is 0.449 e. The van der Waals surface area contributed by atoms with E-state index in [2.05, 4.69) is 0 Å². The maximum Gasteiger partial charge on any atom is 0.338 e. The maximum atomic E-state index is 12.6. The molecule has 1 amide bonds. The molecule has 0 bridgehead atoms. The molecule has 1 saturated heterocycles. The standard InChI is InChI=1S/C16H22N2O5S/c1-12(15(17)19)23-16(20)13-6-8-14(9-7-13)24(21,22)18-10-4-2-3-5-11-18/h6-9,12H,2-5,10-11H2,1H3,(H2,17,19)/t12-/m0/s1. The summed E-state index contributed by atoms with van der Waals surface area (Å²) < 4.78 is 31.6. The fourth-order valence-corrected chi connectivity index (χ4v) is 4.00. The summed E-state index contributed by atoms with van der Waals surface area (Å²) in [6.07, 6.45) is 2.74. The summed E-state index contributed by atoms with van der Waals surface area (Å²) in [6.45, 7) is 2.41. The molecule has 0 aliphatic carbocycles. The second-order valence-electron chi connectivity index (χ2n) is 5.79. The Labute approximate surface area is 141 Å². The minimum atomic E-state index is -3.56. The Hall–Kier alpha value is -1.93. The van der Waals surface area contributed by atoms with Gasteiger partial charge in [0.05, 0.1) is 10.5 Å². The summed E-state index contributed by atoms with van der Waals surface area (Å²) in [6, 6.07) is 5.51. The molecule has 1 aliphatic rings. The third-order valence-electron chi connectivity index (χ3n) is 3.98. The third-order valence-corrected chi connectivity index (χ3v) is 5.89. The van der Waals surface area contributed by atoms with Gasteiger partial charge in [0.25, 0.3) is 5.91 Å². The van der Waals surface area contributed by atoms with Crippen LogP contribution in [0.5, 0.6) is 0 Å². The van der Waals surface area contributed by atoms with Crippen molar-refractivity contribution < 1.29 is 22.7 Å². The van der Waals surface area contributed by atoms with E-state index in [1.807, 2.05) is 0 Å². The van der Waals surface area contributed by atoms with Crippen molar-refractivity contribution in [2.75, 3.05) is 13.1 Å². The van der Waals surface area contributed by atoms with Gasteiger partial charge < -0.3 is 10.5 Å². The summed E-state index contributed by atoms with van der Waals surface area (Å²) in [7, 11) is -3.56. The monoisotopic (exact) mass is 354 g/mol. The van der Waals surface area contributed by atoms with E-state index in [0.717, 1.165) is 25.7 Å². The number of ether oxygens (including phenoxy) is 1. The predicted octanol–water partition coefficient (Wildman–Crippen LogP) is 1.28. The molecule has 2 N–H and O–H groups in total. The molecule has 1 atom stereocenters. The summed E-state index contributed by atoms with van der Waals surface area (Å²) in [5.41, 5.74) is 5.20. The molecule has 8 heteroatoms. The van der Waals surface area contributed by atoms with Crippen LogP contribution in [0.15, 0.2) is 29.2 Å². The van der Waals surface area contributed by atoms with E-state index in [1.165, 1.54) is 35.5 Å². The number of amides is 1. The molecule has 0 unspecified atom stereocenters. The molecule has 2 rings (SSSR count). The Balaban J connectivity index is 2.13. The van der Waals surface area contributed by atoms with Crippen LogP contribution in [-0.2, 0) is 19.6 Å². The molecule has 7 nitrogen and oxygen atoms in total. The van der Waals surface area contributed by atoms with Crippen LogP contribution in [0.1, 0.15) is 43.0 Å². The number of carbonyl (C=O) groups excluding carboxylic acids is 2. The van der Waals surface area contributed by atoms with Crippen LogP contribution in [0.3, 0.4) is 0 Å². The second-order valence-corrected chi connectivity index (χ2v) is 7.73. The van der Waals surface area contributed by atoms with Gasteiger partial charge in [0.2, 0.25) is 10.0 Å². The van der Waals surface area contributed by atoms with Gasteiger partial charge in [0, 0.05) is 13.1 Å². The molecular formula is C16H22N2O5S. The van der Waals surface area contributed by atoms with Gasteiger partial charge in [-0.2, -0.15) is 4.31 Å². The highest BCUT2D eigenvalue weighted by atomic mass is 32.2. The van der Waals surface area contributed by atoms with Crippen molar-refractivity contribution in [1.29, 1.82) is 0 Å². The highest BCUT2D eigenvalue weighted by molar-refractivity contribution is 7.89. The Kier molecular flexibility index (Phi) is 5.95. The molecule has 0 saturated carbocycles. The fourth-order valence-electron chi connectivity index (χ4n) is 2.48. The smallest absolute Gasteiger partial charge is 0.338 e. The van der Waals surface area contributed by atoms with Crippen LogP contribution in [0.25, 0.3) is 0 Å². The van der Waals surface area contributed by atoms with Crippen molar-refractivity contribution in [3.05, 3.63) is 29.8 Å². The van der Waals surface area contributed by atoms with Gasteiger partial charge in [-0.15, -0.1) is 0 Å². The van der Waals surface area contributed by atoms with Crippen molar-refractivity contribution in [1.82, 2.24) is 4.31 Å². The maximum absolute atomic E-state index is 12.6. The highest BCUT2D eigenvalue weighted by Crippen LogP contribution is 2.21. The van der Waals surface area contributed by atoms with E-state index in [4.69, 9.17) is 10.5 Å². The quantitative estimate of drug-likeness (QED) is 0.802. The van der Waals surface area contributed by atoms with E-state index in [0.29, 0.717) is 13.1 Å². The number of hydrogen-bond acceptors (Lipinski definition) is 5. The van der Waals surface area contributed by atoms with Crippen LogP contribution in [0.2, 0.25) is 0 Å². The van der Waals surface area contributed by atoms with Gasteiger partial charge in [-0.25, -0.2) is 13.2 Å². The highest BCUT2D eigenvalue weighted by Gasteiger charge is 2.25. The van der Waals surface area contributed by atoms with Gasteiger partial charge in [0.15, 0.2) is 6.10 Å². The zero-order valence-electron chi connectivity index (χ0n) is 13.6. The molecule has 1 fully saturated rings. The number of sulfonamides is 1. The lowest BCUT2D eigenvalue weighted by Gasteiger charge is -2.20. The van der Waals surface area contributed by atoms with E-state index in [1.54, 1.807) is 0 Å². The molecule has 1 aromatic rings. The number of esters is 1. The molecule has 0 aromatic heterocycles. The number of nitrogens with zero attached hydrogens (tertiary/aromatic N) is 1. The van der Waals surface area contributed by atoms with E-state index in [9.17, 15) is 18.0 Å². The lowest BCUT2D eigenvalue weighted by Crippen LogP contribution is -2.32. The second kappa shape index (κ2) is 7.76. The molecule has 0 spiro atoms. The third kappa shape index (κ3) is 4.33. The van der Waals surface area contributed by atoms with E-state index >= 15 is 0 Å². The van der Waals surface area contributed by atoms with Crippen LogP contribution in [0, 0.1) is 0 Å². The summed E-state index contributed by atoms with van der Waals surface area (Å²) in [4.78, 5) is 22.9. The molecule has 132 valence electrons. The van der Waals surface area contributed by atoms with Crippen LogP contribution >= 0.6 is 0 Å². The number of carbonyl (C=O) groups is 2. The van der Waals surface area contributed by atoms with E-state index in [-0.39, 0.29) is 10.5 Å². The Morgan fingerprint density at radius 2 is 1.62 bits per heavy atom. The average molecular weight is 354 g/mol. The summed E-state index contributed by atoms with van der Waals surface area (Å²) in [5.74, 6) is -1.47. The fraction of sp³-hybridized carbons (Fsp3) is 0.500. The predicted molar refractivity (Wildman–Crippen MR) is 87.7 cm³/mol. The van der Waals surface area contributed by atoms with Gasteiger partial charge in [-0.1, -0.05) is 12.8 Å². The minimum absolute atomic E-state index is 0.142. The minimum Gasteiger partial charge on any atom is -0.449 e. The van der Waals surface area contributed by atoms with Gasteiger partial charge >= 0.3 is 5.97 Å². The SMILES string of the molecule is C[C@H](OC(=O)c1ccc(S(=O)(=O)N2CCCCCC2)cc1)C(N)=O. The zero-order valence-corrected chi connectivity index (χ0v) is 14.4. The number of hydrogen-bond donors (Lipinski definition) is 1. The lowest BCUT2D eigenvalue weighted by molar-refractivity contribution is -0.125. The van der Waals surface area contributed by atoms with Crippen molar-refractivity contribution in [2.45, 2.75) is 43.6 Å². The molecule has 1 heterocycles. The van der Waals surface area contributed by atoms with Crippen molar-refractivity contribution in [3.63, 3.8) is 0 Å². The van der Waals surface area contributed by atoms with Crippen LogP contribution < -0.4 is 5.73 Å². The number of primary amides is 1. The molecular weight excluding hydrogens is 332 g/mol. The average Bonchev–Trinajstić information content (AvgIpc) is 2.84. The number of nitrogens with two attached hydrogens (primary N) is 1. The molecule has 24 heavy (non-hydrogen) atoms. The lowest BCUT2D eigenvalue weighted by atomic mass is 10.2. The van der Waals surface area contributed by atoms with Crippen molar-refractivity contribution in [3.8, 4) is 0 Å². The van der Waals surface area contributed by atoms with Gasteiger partial charge in [-0.3, -0.25) is 4.79 Å².